The fourth-order valence-corrected chi connectivity index (χ4v) is 4.42. The van der Waals surface area contributed by atoms with E-state index in [-0.39, 0.29) is 23.3 Å². The van der Waals surface area contributed by atoms with Crippen LogP contribution in [0, 0.1) is 0 Å². The summed E-state index contributed by atoms with van der Waals surface area (Å²) in [5.41, 5.74) is 1.07. The Morgan fingerprint density at radius 2 is 1.77 bits per heavy atom. The van der Waals surface area contributed by atoms with Crippen LogP contribution in [0.3, 0.4) is 0 Å². The zero-order valence-electron chi connectivity index (χ0n) is 17.1. The van der Waals surface area contributed by atoms with Gasteiger partial charge in [-0.25, -0.2) is 9.48 Å². The number of likely N-dealkylation sites (tertiary alicyclic amines) is 1. The van der Waals surface area contributed by atoms with E-state index in [2.05, 4.69) is 5.10 Å². The Morgan fingerprint density at radius 1 is 1.06 bits per heavy atom. The third-order valence-electron chi connectivity index (χ3n) is 6.10. The molecule has 5 rings (SSSR count). The van der Waals surface area contributed by atoms with Gasteiger partial charge in [0.2, 0.25) is 5.91 Å². The van der Waals surface area contributed by atoms with Crippen LogP contribution in [0.25, 0.3) is 21.9 Å². The van der Waals surface area contributed by atoms with Gasteiger partial charge in [-0.15, -0.1) is 0 Å². The maximum absolute atomic E-state index is 13.1. The van der Waals surface area contributed by atoms with E-state index in [1.807, 2.05) is 30.3 Å². The second-order valence-electron chi connectivity index (χ2n) is 7.92. The molecule has 0 radical (unpaired) electrons. The summed E-state index contributed by atoms with van der Waals surface area (Å²) in [6, 6.07) is 13.8. The molecule has 1 amide bonds. The highest BCUT2D eigenvalue weighted by Crippen LogP contribution is 2.26. The lowest BCUT2D eigenvalue weighted by atomic mass is 10.0. The van der Waals surface area contributed by atoms with Crippen molar-refractivity contribution in [2.24, 2.45) is 0 Å². The SMILES string of the molecule is C[C@@H](C(=O)N1CCC(n2c(=O)oc3ccccc32)CC1)n1ncc2ccccc2c1=O. The molecule has 2 aromatic carbocycles. The van der Waals surface area contributed by atoms with Crippen molar-refractivity contribution in [3.8, 4) is 0 Å². The first-order valence-corrected chi connectivity index (χ1v) is 10.4. The third kappa shape index (κ3) is 3.24. The molecule has 1 aliphatic heterocycles. The van der Waals surface area contributed by atoms with E-state index in [1.54, 1.807) is 40.8 Å². The van der Waals surface area contributed by atoms with Crippen molar-refractivity contribution < 1.29 is 9.21 Å². The van der Waals surface area contributed by atoms with Crippen LogP contribution in [0.4, 0.5) is 0 Å². The summed E-state index contributed by atoms with van der Waals surface area (Å²) < 4.78 is 8.30. The normalized spacial score (nSPS) is 16.1. The first kappa shape index (κ1) is 19.3. The van der Waals surface area contributed by atoms with Crippen LogP contribution < -0.4 is 11.3 Å². The second-order valence-corrected chi connectivity index (χ2v) is 7.92. The van der Waals surface area contributed by atoms with E-state index < -0.39 is 6.04 Å². The quantitative estimate of drug-likeness (QED) is 0.510. The van der Waals surface area contributed by atoms with E-state index in [4.69, 9.17) is 4.42 Å². The molecule has 3 heterocycles. The molecule has 158 valence electrons. The molecule has 31 heavy (non-hydrogen) atoms. The molecule has 0 aliphatic carbocycles. The number of rotatable bonds is 3. The van der Waals surface area contributed by atoms with Crippen molar-refractivity contribution in [2.45, 2.75) is 31.8 Å². The number of hydrogen-bond donors (Lipinski definition) is 0. The van der Waals surface area contributed by atoms with Gasteiger partial charge in [-0.2, -0.15) is 5.10 Å². The highest BCUT2D eigenvalue weighted by Gasteiger charge is 2.30. The van der Waals surface area contributed by atoms with Crippen molar-refractivity contribution in [3.05, 3.63) is 75.6 Å². The van der Waals surface area contributed by atoms with Gasteiger partial charge in [0.05, 0.1) is 17.1 Å². The Kier molecular flexibility index (Phi) is 4.69. The van der Waals surface area contributed by atoms with Gasteiger partial charge in [-0.3, -0.25) is 14.2 Å². The molecule has 2 aromatic heterocycles. The number of nitrogens with zero attached hydrogens (tertiary/aromatic N) is 4. The van der Waals surface area contributed by atoms with E-state index >= 15 is 0 Å². The molecule has 1 atom stereocenters. The van der Waals surface area contributed by atoms with E-state index in [1.165, 1.54) is 4.68 Å². The number of oxazole rings is 1. The molecule has 1 saturated heterocycles. The summed E-state index contributed by atoms with van der Waals surface area (Å²) in [5.74, 6) is -0.515. The van der Waals surface area contributed by atoms with Gasteiger partial charge in [-0.05, 0) is 38.0 Å². The predicted octanol–water partition coefficient (Wildman–Crippen LogP) is 2.73. The van der Waals surface area contributed by atoms with Crippen LogP contribution in [-0.2, 0) is 4.79 Å². The molecule has 0 saturated carbocycles. The average Bonchev–Trinajstić information content (AvgIpc) is 3.14. The maximum atomic E-state index is 13.1. The summed E-state index contributed by atoms with van der Waals surface area (Å²) in [7, 11) is 0. The predicted molar refractivity (Wildman–Crippen MR) is 116 cm³/mol. The minimum Gasteiger partial charge on any atom is -0.408 e. The lowest BCUT2D eigenvalue weighted by molar-refractivity contribution is -0.136. The lowest BCUT2D eigenvalue weighted by Gasteiger charge is -2.33. The molecular weight excluding hydrogens is 396 g/mol. The van der Waals surface area contributed by atoms with Gasteiger partial charge in [0, 0.05) is 24.5 Å². The smallest absolute Gasteiger partial charge is 0.408 e. The summed E-state index contributed by atoms with van der Waals surface area (Å²) in [6.45, 7) is 2.70. The standard InChI is InChI=1S/C23H22N4O4/c1-15(27-22(29)18-7-3-2-6-16(18)14-24-27)21(28)25-12-10-17(11-13-25)26-19-8-4-5-9-20(19)31-23(26)30/h2-9,14-15,17H,10-13H2,1H3/t15-/m0/s1. The number of aromatic nitrogens is 3. The Balaban J connectivity index is 1.34. The number of benzene rings is 2. The van der Waals surface area contributed by atoms with Crippen molar-refractivity contribution in [1.82, 2.24) is 19.2 Å². The van der Waals surface area contributed by atoms with Crippen molar-refractivity contribution in [1.29, 1.82) is 0 Å². The van der Waals surface area contributed by atoms with Crippen LogP contribution in [0.2, 0.25) is 0 Å². The number of fused-ring (bicyclic) bond motifs is 2. The number of carbonyl (C=O) groups excluding carboxylic acids is 1. The molecule has 0 N–H and O–H groups in total. The molecule has 1 fully saturated rings. The molecule has 0 spiro atoms. The molecule has 4 aromatic rings. The van der Waals surface area contributed by atoms with Crippen LogP contribution in [0.1, 0.15) is 31.8 Å². The number of carbonyl (C=O) groups is 1. The van der Waals surface area contributed by atoms with Crippen molar-refractivity contribution in [2.75, 3.05) is 13.1 Å². The minimum absolute atomic E-state index is 0.0305. The highest BCUT2D eigenvalue weighted by atomic mass is 16.4. The molecular formula is C23H22N4O4. The maximum Gasteiger partial charge on any atom is 0.420 e. The molecule has 1 aliphatic rings. The van der Waals surface area contributed by atoms with Gasteiger partial charge in [0.15, 0.2) is 5.58 Å². The molecule has 0 bridgehead atoms. The van der Waals surface area contributed by atoms with E-state index in [9.17, 15) is 14.4 Å². The minimum atomic E-state index is -0.703. The Morgan fingerprint density at radius 3 is 2.58 bits per heavy atom. The number of para-hydroxylation sites is 2. The van der Waals surface area contributed by atoms with Gasteiger partial charge < -0.3 is 9.32 Å². The van der Waals surface area contributed by atoms with Crippen molar-refractivity contribution in [3.63, 3.8) is 0 Å². The average molecular weight is 418 g/mol. The second kappa shape index (κ2) is 7.54. The fraction of sp³-hybridized carbons (Fsp3) is 0.304. The van der Waals surface area contributed by atoms with Crippen LogP contribution in [0.5, 0.6) is 0 Å². The zero-order chi connectivity index (χ0) is 21.5. The van der Waals surface area contributed by atoms with Gasteiger partial charge >= 0.3 is 5.76 Å². The van der Waals surface area contributed by atoms with E-state index in [0.717, 1.165) is 10.9 Å². The van der Waals surface area contributed by atoms with Gasteiger partial charge in [0.25, 0.3) is 5.56 Å². The Hall–Kier alpha value is -3.68. The van der Waals surface area contributed by atoms with E-state index in [0.29, 0.717) is 36.9 Å². The Bertz CT molecular complexity index is 1390. The van der Waals surface area contributed by atoms with Crippen LogP contribution >= 0.6 is 0 Å². The summed E-state index contributed by atoms with van der Waals surface area (Å²) in [6.07, 6.45) is 2.90. The summed E-state index contributed by atoms with van der Waals surface area (Å²) in [5, 5.41) is 5.52. The number of amides is 1. The van der Waals surface area contributed by atoms with Gasteiger partial charge in [-0.1, -0.05) is 30.3 Å². The number of hydrogen-bond acceptors (Lipinski definition) is 5. The largest absolute Gasteiger partial charge is 0.420 e. The van der Waals surface area contributed by atoms with Gasteiger partial charge in [0.1, 0.15) is 6.04 Å². The van der Waals surface area contributed by atoms with Crippen LogP contribution in [0.15, 0.2) is 68.7 Å². The van der Waals surface area contributed by atoms with Crippen molar-refractivity contribution >= 4 is 27.8 Å². The highest BCUT2D eigenvalue weighted by molar-refractivity contribution is 5.82. The topological polar surface area (TPSA) is 90.3 Å². The summed E-state index contributed by atoms with van der Waals surface area (Å²) in [4.78, 5) is 40.0. The fourth-order valence-electron chi connectivity index (χ4n) is 4.42. The first-order valence-electron chi connectivity index (χ1n) is 10.4. The summed E-state index contributed by atoms with van der Waals surface area (Å²) >= 11 is 0. The monoisotopic (exact) mass is 418 g/mol. The number of piperidine rings is 1. The Labute approximate surface area is 177 Å². The molecule has 8 nitrogen and oxygen atoms in total. The third-order valence-corrected chi connectivity index (χ3v) is 6.10. The molecule has 8 heteroatoms. The molecule has 0 unspecified atom stereocenters. The lowest BCUT2D eigenvalue weighted by Crippen LogP contribution is -2.44. The first-order chi connectivity index (χ1) is 15.0. The van der Waals surface area contributed by atoms with Crippen LogP contribution in [-0.4, -0.2) is 38.2 Å². The zero-order valence-corrected chi connectivity index (χ0v) is 17.1.